The van der Waals surface area contributed by atoms with Gasteiger partial charge in [-0.3, -0.25) is 9.59 Å². The second-order valence-electron chi connectivity index (χ2n) is 4.67. The van der Waals surface area contributed by atoms with Gasteiger partial charge in [-0.15, -0.1) is 11.3 Å². The van der Waals surface area contributed by atoms with Crippen molar-refractivity contribution in [3.63, 3.8) is 0 Å². The molecule has 0 bridgehead atoms. The van der Waals surface area contributed by atoms with E-state index in [2.05, 4.69) is 5.32 Å². The van der Waals surface area contributed by atoms with Crippen LogP contribution < -0.4 is 11.1 Å². The Morgan fingerprint density at radius 1 is 1.20 bits per heavy atom. The highest BCUT2D eigenvalue weighted by molar-refractivity contribution is 7.14. The van der Waals surface area contributed by atoms with Gasteiger partial charge in [0.25, 0.3) is 5.91 Å². The number of anilines is 1. The summed E-state index contributed by atoms with van der Waals surface area (Å²) in [6.07, 6.45) is 0.275. The van der Waals surface area contributed by atoms with Crippen molar-refractivity contribution in [3.8, 4) is 0 Å². The number of thiophene rings is 1. The normalized spacial score (nSPS) is 10.3. The third-order valence-corrected chi connectivity index (χ3v) is 3.95. The second-order valence-corrected chi connectivity index (χ2v) is 5.59. The number of benzene rings is 1. The van der Waals surface area contributed by atoms with Gasteiger partial charge in [0.2, 0.25) is 5.91 Å². The minimum absolute atomic E-state index is 0.154. The van der Waals surface area contributed by atoms with Gasteiger partial charge in [0.1, 0.15) is 5.00 Å². The maximum Gasteiger partial charge on any atom is 0.251 e. The molecule has 0 aliphatic carbocycles. The van der Waals surface area contributed by atoms with Gasteiger partial charge in [0, 0.05) is 0 Å². The summed E-state index contributed by atoms with van der Waals surface area (Å²) in [5.74, 6) is -0.689. The largest absolute Gasteiger partial charge is 0.366 e. The topological polar surface area (TPSA) is 72.2 Å². The quantitative estimate of drug-likeness (QED) is 0.907. The molecule has 3 N–H and O–H groups in total. The van der Waals surface area contributed by atoms with Crippen molar-refractivity contribution in [2.75, 3.05) is 5.32 Å². The molecule has 0 unspecified atom stereocenters. The van der Waals surface area contributed by atoms with Gasteiger partial charge in [0.15, 0.2) is 0 Å². The molecule has 1 aromatic carbocycles. The summed E-state index contributed by atoms with van der Waals surface area (Å²) in [6.45, 7) is 4.05. The molecule has 20 heavy (non-hydrogen) atoms. The number of hydrogen-bond acceptors (Lipinski definition) is 3. The highest BCUT2D eigenvalue weighted by Crippen LogP contribution is 2.23. The number of carbonyl (C=O) groups is 2. The SMILES string of the molecule is Cc1ccc(CC(=O)Nc2sccc2C(N)=O)cc1C. The first-order valence-corrected chi connectivity index (χ1v) is 7.08. The molecule has 1 aromatic heterocycles. The molecule has 0 radical (unpaired) electrons. The van der Waals surface area contributed by atoms with E-state index < -0.39 is 5.91 Å². The van der Waals surface area contributed by atoms with Crippen LogP contribution in [0.3, 0.4) is 0 Å². The van der Waals surface area contributed by atoms with Gasteiger partial charge < -0.3 is 11.1 Å². The molecule has 0 spiro atoms. The number of hydrogen-bond donors (Lipinski definition) is 2. The first-order valence-electron chi connectivity index (χ1n) is 6.20. The first-order chi connectivity index (χ1) is 9.47. The van der Waals surface area contributed by atoms with E-state index in [0.717, 1.165) is 11.1 Å². The summed E-state index contributed by atoms with van der Waals surface area (Å²) in [5, 5.41) is 4.97. The number of aryl methyl sites for hydroxylation is 2. The zero-order valence-electron chi connectivity index (χ0n) is 11.4. The molecule has 0 atom stereocenters. The van der Waals surface area contributed by atoms with Crippen molar-refractivity contribution in [2.24, 2.45) is 5.73 Å². The fourth-order valence-electron chi connectivity index (χ4n) is 1.87. The van der Waals surface area contributed by atoms with Crippen LogP contribution in [0.2, 0.25) is 0 Å². The van der Waals surface area contributed by atoms with Crippen LogP contribution in [0.1, 0.15) is 27.0 Å². The summed E-state index contributed by atoms with van der Waals surface area (Å²) in [7, 11) is 0. The molecule has 2 rings (SSSR count). The van der Waals surface area contributed by atoms with E-state index in [9.17, 15) is 9.59 Å². The summed E-state index contributed by atoms with van der Waals surface area (Å²) in [5.41, 5.74) is 8.89. The molecule has 4 nitrogen and oxygen atoms in total. The molecule has 5 heteroatoms. The molecular formula is C15H16N2O2S. The average molecular weight is 288 g/mol. The number of carbonyl (C=O) groups excluding carboxylic acids is 2. The van der Waals surface area contributed by atoms with Gasteiger partial charge >= 0.3 is 0 Å². The van der Waals surface area contributed by atoms with E-state index in [1.807, 2.05) is 32.0 Å². The maximum absolute atomic E-state index is 12.0. The summed E-state index contributed by atoms with van der Waals surface area (Å²) >= 11 is 1.29. The van der Waals surface area contributed by atoms with E-state index in [4.69, 9.17) is 5.73 Å². The average Bonchev–Trinajstić information content (AvgIpc) is 2.82. The summed E-state index contributed by atoms with van der Waals surface area (Å²) < 4.78 is 0. The Morgan fingerprint density at radius 2 is 1.95 bits per heavy atom. The lowest BCUT2D eigenvalue weighted by molar-refractivity contribution is -0.115. The highest BCUT2D eigenvalue weighted by atomic mass is 32.1. The smallest absolute Gasteiger partial charge is 0.251 e. The van der Waals surface area contributed by atoms with Crippen molar-refractivity contribution >= 4 is 28.2 Å². The minimum Gasteiger partial charge on any atom is -0.366 e. The number of amides is 2. The lowest BCUT2D eigenvalue weighted by Gasteiger charge is -2.06. The van der Waals surface area contributed by atoms with Crippen LogP contribution in [0.4, 0.5) is 5.00 Å². The number of nitrogens with one attached hydrogen (secondary N) is 1. The molecule has 1 heterocycles. The van der Waals surface area contributed by atoms with Crippen LogP contribution in [0.5, 0.6) is 0 Å². The molecule has 104 valence electrons. The van der Waals surface area contributed by atoms with Crippen molar-refractivity contribution in [1.82, 2.24) is 0 Å². The Kier molecular flexibility index (Phi) is 4.20. The van der Waals surface area contributed by atoms with Crippen LogP contribution in [-0.4, -0.2) is 11.8 Å². The predicted octanol–water partition coefficient (Wildman–Crippen LogP) is 2.65. The van der Waals surface area contributed by atoms with E-state index in [-0.39, 0.29) is 12.3 Å². The molecular weight excluding hydrogens is 272 g/mol. The van der Waals surface area contributed by atoms with Crippen molar-refractivity contribution in [2.45, 2.75) is 20.3 Å². The Bertz CT molecular complexity index is 662. The molecule has 0 saturated heterocycles. The highest BCUT2D eigenvalue weighted by Gasteiger charge is 2.12. The lowest BCUT2D eigenvalue weighted by atomic mass is 10.0. The Labute approximate surface area is 121 Å². The third kappa shape index (κ3) is 3.24. The lowest BCUT2D eigenvalue weighted by Crippen LogP contribution is -2.17. The van der Waals surface area contributed by atoms with Gasteiger partial charge in [-0.2, -0.15) is 0 Å². The summed E-state index contributed by atoms with van der Waals surface area (Å²) in [6, 6.07) is 7.54. The summed E-state index contributed by atoms with van der Waals surface area (Å²) in [4.78, 5) is 23.2. The number of rotatable bonds is 4. The van der Waals surface area contributed by atoms with E-state index in [1.54, 1.807) is 11.4 Å². The van der Waals surface area contributed by atoms with Gasteiger partial charge in [0.05, 0.1) is 12.0 Å². The fraction of sp³-hybridized carbons (Fsp3) is 0.200. The zero-order valence-corrected chi connectivity index (χ0v) is 12.2. The fourth-order valence-corrected chi connectivity index (χ4v) is 2.68. The zero-order chi connectivity index (χ0) is 14.7. The van der Waals surface area contributed by atoms with Crippen LogP contribution in [0.25, 0.3) is 0 Å². The first kappa shape index (κ1) is 14.3. The van der Waals surface area contributed by atoms with Crippen LogP contribution >= 0.6 is 11.3 Å². The van der Waals surface area contributed by atoms with Gasteiger partial charge in [-0.1, -0.05) is 18.2 Å². The van der Waals surface area contributed by atoms with Gasteiger partial charge in [-0.05, 0) is 42.0 Å². The molecule has 0 aliphatic heterocycles. The molecule has 2 aromatic rings. The molecule has 0 fully saturated rings. The molecule has 2 amide bonds. The Morgan fingerprint density at radius 3 is 2.60 bits per heavy atom. The van der Waals surface area contributed by atoms with E-state index in [1.165, 1.54) is 16.9 Å². The van der Waals surface area contributed by atoms with Crippen LogP contribution in [-0.2, 0) is 11.2 Å². The predicted molar refractivity (Wildman–Crippen MR) is 81.1 cm³/mol. The number of nitrogens with two attached hydrogens (primary N) is 1. The third-order valence-electron chi connectivity index (χ3n) is 3.12. The van der Waals surface area contributed by atoms with E-state index >= 15 is 0 Å². The Balaban J connectivity index is 2.07. The van der Waals surface area contributed by atoms with E-state index in [0.29, 0.717) is 10.6 Å². The minimum atomic E-state index is -0.535. The second kappa shape index (κ2) is 5.88. The van der Waals surface area contributed by atoms with Crippen LogP contribution in [0.15, 0.2) is 29.6 Å². The monoisotopic (exact) mass is 288 g/mol. The maximum atomic E-state index is 12.0. The molecule has 0 saturated carbocycles. The molecule has 0 aliphatic rings. The van der Waals surface area contributed by atoms with Crippen molar-refractivity contribution < 1.29 is 9.59 Å². The van der Waals surface area contributed by atoms with Crippen molar-refractivity contribution in [3.05, 3.63) is 51.9 Å². The number of primary amides is 1. The van der Waals surface area contributed by atoms with Crippen LogP contribution in [0, 0.1) is 13.8 Å². The standard InChI is InChI=1S/C15H16N2O2S/c1-9-3-4-11(7-10(9)2)8-13(18)17-15-12(14(16)19)5-6-20-15/h3-7H,8H2,1-2H3,(H2,16,19)(H,17,18). The Hall–Kier alpha value is -2.14. The van der Waals surface area contributed by atoms with Gasteiger partial charge in [-0.25, -0.2) is 0 Å². The van der Waals surface area contributed by atoms with Crippen molar-refractivity contribution in [1.29, 1.82) is 0 Å².